The van der Waals surface area contributed by atoms with E-state index in [9.17, 15) is 9.70 Å². The lowest BCUT2D eigenvalue weighted by Crippen LogP contribution is -2.49. The number of methoxy groups -OCH3 is 1. The molecule has 25 heavy (non-hydrogen) atoms. The molecule has 1 N–H and O–H groups in total. The summed E-state index contributed by atoms with van der Waals surface area (Å²) in [6, 6.07) is 10.5. The maximum absolute atomic E-state index is 12.6. The maximum atomic E-state index is 12.6. The number of nitrogens with zero attached hydrogens (tertiary/aromatic N) is 2. The summed E-state index contributed by atoms with van der Waals surface area (Å²) in [4.78, 5) is 25.9. The van der Waals surface area contributed by atoms with Crippen LogP contribution in [0.1, 0.15) is 40.1 Å². The van der Waals surface area contributed by atoms with Crippen LogP contribution in [-0.4, -0.2) is 19.6 Å². The zero-order valence-electron chi connectivity index (χ0n) is 13.5. The molecule has 2 aliphatic heterocycles. The molecule has 2 aromatic rings. The molecule has 0 spiro atoms. The van der Waals surface area contributed by atoms with Crippen molar-refractivity contribution in [2.24, 2.45) is 5.18 Å². The molecule has 2 aromatic carbocycles. The Morgan fingerprint density at radius 3 is 2.88 bits per heavy atom. The van der Waals surface area contributed by atoms with E-state index in [1.54, 1.807) is 31.4 Å². The van der Waals surface area contributed by atoms with E-state index in [1.807, 2.05) is 12.1 Å². The summed E-state index contributed by atoms with van der Waals surface area (Å²) in [5, 5.41) is 6.75. The molecule has 0 aliphatic carbocycles. The Hall–Kier alpha value is -2.60. The molecule has 2 heterocycles. The first-order valence-electron chi connectivity index (χ1n) is 8.00. The first-order valence-corrected chi connectivity index (χ1v) is 8.38. The molecule has 128 valence electrons. The molecule has 4 rings (SSSR count). The minimum atomic E-state index is -0.419. The number of benzene rings is 2. The molecule has 6 nitrogen and oxygen atoms in total. The number of halogens is 1. The summed E-state index contributed by atoms with van der Waals surface area (Å²) in [6.45, 7) is 0.620. The highest BCUT2D eigenvalue weighted by Gasteiger charge is 2.38. The van der Waals surface area contributed by atoms with Gasteiger partial charge in [-0.15, -0.1) is 0 Å². The number of amides is 1. The number of para-hydroxylation sites is 1. The quantitative estimate of drug-likeness (QED) is 0.848. The fourth-order valence-electron chi connectivity index (χ4n) is 3.63. The van der Waals surface area contributed by atoms with Gasteiger partial charge in [0.2, 0.25) is 0 Å². The number of hydrogen-bond donors (Lipinski definition) is 1. The third-order valence-electron chi connectivity index (χ3n) is 4.80. The number of hydrogen-bond acceptors (Lipinski definition) is 5. The van der Waals surface area contributed by atoms with Crippen LogP contribution in [0, 0.1) is 4.91 Å². The van der Waals surface area contributed by atoms with Crippen molar-refractivity contribution >= 4 is 23.2 Å². The molecule has 0 saturated carbocycles. The van der Waals surface area contributed by atoms with Gasteiger partial charge in [0.05, 0.1) is 23.4 Å². The van der Waals surface area contributed by atoms with Crippen LogP contribution in [0.15, 0.2) is 41.6 Å². The van der Waals surface area contributed by atoms with Gasteiger partial charge in [-0.1, -0.05) is 35.0 Å². The predicted octanol–water partition coefficient (Wildman–Crippen LogP) is 3.81. The topological polar surface area (TPSA) is 71.0 Å². The van der Waals surface area contributed by atoms with E-state index in [1.165, 1.54) is 0 Å². The highest BCUT2D eigenvalue weighted by molar-refractivity contribution is 6.32. The summed E-state index contributed by atoms with van der Waals surface area (Å²) in [6.07, 6.45) is 0.257. The van der Waals surface area contributed by atoms with Gasteiger partial charge in [-0.2, -0.15) is 4.91 Å². The summed E-state index contributed by atoms with van der Waals surface area (Å²) in [5.74, 6) is 0.411. The van der Waals surface area contributed by atoms with Crippen molar-refractivity contribution in [1.82, 2.24) is 5.32 Å². The number of carbonyl (C=O) groups is 1. The Morgan fingerprint density at radius 2 is 2.16 bits per heavy atom. The second kappa shape index (κ2) is 6.04. The van der Waals surface area contributed by atoms with E-state index in [-0.39, 0.29) is 12.1 Å². The van der Waals surface area contributed by atoms with E-state index in [0.717, 1.165) is 16.8 Å². The standard InChI is InChI=1S/C18H16ClN3O3/c1-25-15-6-5-10(9-13(15)19)17-20-18(23)12-4-2-3-11-14(21-24)7-8-22(17)16(11)12/h2-6,9,14,17H,7-8H2,1H3,(H,20,23). The minimum absolute atomic E-state index is 0.170. The van der Waals surface area contributed by atoms with Crippen molar-refractivity contribution < 1.29 is 9.53 Å². The SMILES string of the molecule is COc1ccc(C2NC(=O)c3cccc4c3N2CCC4N=O)cc1Cl. The fourth-order valence-corrected chi connectivity index (χ4v) is 3.89. The minimum Gasteiger partial charge on any atom is -0.495 e. The monoisotopic (exact) mass is 357 g/mol. The second-order valence-corrected chi connectivity index (χ2v) is 6.52. The summed E-state index contributed by atoms with van der Waals surface area (Å²) < 4.78 is 5.20. The number of ether oxygens (including phenoxy) is 1. The molecule has 0 saturated heterocycles. The van der Waals surface area contributed by atoms with Crippen molar-refractivity contribution in [3.05, 3.63) is 63.0 Å². The van der Waals surface area contributed by atoms with Gasteiger partial charge in [-0.25, -0.2) is 0 Å². The van der Waals surface area contributed by atoms with Crippen molar-refractivity contribution in [3.8, 4) is 5.75 Å². The average Bonchev–Trinajstić information content (AvgIpc) is 2.64. The van der Waals surface area contributed by atoms with Crippen molar-refractivity contribution in [2.45, 2.75) is 18.6 Å². The number of anilines is 1. The summed E-state index contributed by atoms with van der Waals surface area (Å²) in [5.41, 5.74) is 3.02. The zero-order chi connectivity index (χ0) is 17.6. The molecule has 0 radical (unpaired) electrons. The van der Waals surface area contributed by atoms with Gasteiger partial charge in [0, 0.05) is 12.1 Å². The van der Waals surface area contributed by atoms with Gasteiger partial charge in [0.25, 0.3) is 5.91 Å². The number of carbonyl (C=O) groups excluding carboxylic acids is 1. The lowest BCUT2D eigenvalue weighted by molar-refractivity contribution is 0.0925. The Bertz CT molecular complexity index is 871. The third-order valence-corrected chi connectivity index (χ3v) is 5.10. The number of nitrogens with one attached hydrogen (secondary N) is 1. The third kappa shape index (κ3) is 2.44. The highest BCUT2D eigenvalue weighted by Crippen LogP contribution is 2.44. The molecular weight excluding hydrogens is 342 g/mol. The van der Waals surface area contributed by atoms with Crippen LogP contribution in [0.5, 0.6) is 5.75 Å². The van der Waals surface area contributed by atoms with Gasteiger partial charge < -0.3 is 15.0 Å². The second-order valence-electron chi connectivity index (χ2n) is 6.12. The van der Waals surface area contributed by atoms with Crippen molar-refractivity contribution in [2.75, 3.05) is 18.6 Å². The van der Waals surface area contributed by atoms with Crippen LogP contribution in [-0.2, 0) is 0 Å². The Labute approximate surface area is 149 Å². The first kappa shape index (κ1) is 15.9. The first-order chi connectivity index (χ1) is 12.1. The Kier molecular flexibility index (Phi) is 3.84. The van der Waals surface area contributed by atoms with Crippen molar-refractivity contribution in [3.63, 3.8) is 0 Å². The van der Waals surface area contributed by atoms with E-state index in [4.69, 9.17) is 16.3 Å². The largest absolute Gasteiger partial charge is 0.495 e. The van der Waals surface area contributed by atoms with Crippen LogP contribution in [0.3, 0.4) is 0 Å². The average molecular weight is 358 g/mol. The van der Waals surface area contributed by atoms with Gasteiger partial charge in [-0.3, -0.25) is 4.79 Å². The van der Waals surface area contributed by atoms with Crippen LogP contribution >= 0.6 is 11.6 Å². The normalized spacial score (nSPS) is 21.4. The molecule has 0 fully saturated rings. The summed E-state index contributed by atoms with van der Waals surface area (Å²) >= 11 is 6.25. The fraction of sp³-hybridized carbons (Fsp3) is 0.278. The highest BCUT2D eigenvalue weighted by atomic mass is 35.5. The maximum Gasteiger partial charge on any atom is 0.255 e. The van der Waals surface area contributed by atoms with Crippen LogP contribution in [0.2, 0.25) is 5.02 Å². The van der Waals surface area contributed by atoms with Gasteiger partial charge in [0.1, 0.15) is 18.0 Å². The van der Waals surface area contributed by atoms with E-state index in [2.05, 4.69) is 15.4 Å². The lowest BCUT2D eigenvalue weighted by Gasteiger charge is -2.43. The van der Waals surface area contributed by atoms with Gasteiger partial charge in [0.15, 0.2) is 0 Å². The molecule has 2 unspecified atom stereocenters. The molecule has 7 heteroatoms. The predicted molar refractivity (Wildman–Crippen MR) is 95.2 cm³/mol. The van der Waals surface area contributed by atoms with Crippen molar-refractivity contribution in [1.29, 1.82) is 0 Å². The van der Waals surface area contributed by atoms with Crippen LogP contribution in [0.4, 0.5) is 5.69 Å². The summed E-state index contributed by atoms with van der Waals surface area (Å²) in [7, 11) is 1.56. The number of rotatable bonds is 3. The molecule has 1 amide bonds. The molecule has 0 bridgehead atoms. The van der Waals surface area contributed by atoms with E-state index < -0.39 is 6.04 Å². The smallest absolute Gasteiger partial charge is 0.255 e. The Balaban J connectivity index is 1.82. The zero-order valence-corrected chi connectivity index (χ0v) is 14.3. The van der Waals surface area contributed by atoms with Gasteiger partial charge in [-0.05, 0) is 30.2 Å². The van der Waals surface area contributed by atoms with Crippen LogP contribution in [0.25, 0.3) is 0 Å². The van der Waals surface area contributed by atoms with Crippen LogP contribution < -0.4 is 15.0 Å². The lowest BCUT2D eigenvalue weighted by atomic mass is 9.90. The van der Waals surface area contributed by atoms with Gasteiger partial charge >= 0.3 is 0 Å². The molecular formula is C18H16ClN3O3. The molecule has 0 aromatic heterocycles. The van der Waals surface area contributed by atoms with E-state index >= 15 is 0 Å². The molecule has 2 aliphatic rings. The molecule has 2 atom stereocenters. The number of nitroso groups, excluding NO2 is 1. The van der Waals surface area contributed by atoms with E-state index in [0.29, 0.717) is 29.3 Å². The Morgan fingerprint density at radius 1 is 1.32 bits per heavy atom.